The normalized spacial score (nSPS) is 35.2. The zero-order chi connectivity index (χ0) is 32.2. The van der Waals surface area contributed by atoms with E-state index >= 15 is 0 Å². The lowest BCUT2D eigenvalue weighted by Gasteiger charge is -2.41. The second-order valence-electron chi connectivity index (χ2n) is 11.7. The van der Waals surface area contributed by atoms with Crippen molar-refractivity contribution in [2.75, 3.05) is 19.8 Å². The Labute approximate surface area is 253 Å². The molecule has 1 aliphatic carbocycles. The Morgan fingerprint density at radius 1 is 1.05 bits per heavy atom. The van der Waals surface area contributed by atoms with Crippen LogP contribution >= 0.6 is 0 Å². The summed E-state index contributed by atoms with van der Waals surface area (Å²) < 4.78 is 27.9. The molecule has 14 nitrogen and oxygen atoms in total. The molecule has 0 radical (unpaired) electrons. The van der Waals surface area contributed by atoms with Crippen LogP contribution in [0.2, 0.25) is 0 Å². The van der Waals surface area contributed by atoms with Crippen LogP contribution in [0.3, 0.4) is 0 Å². The number of aliphatic hydroxyl groups is 6. The minimum absolute atomic E-state index is 0.0331. The van der Waals surface area contributed by atoms with E-state index in [1.807, 2.05) is 13.8 Å². The molecule has 3 aliphatic rings. The summed E-state index contributed by atoms with van der Waals surface area (Å²) in [4.78, 5) is 25.3. The van der Waals surface area contributed by atoms with Crippen LogP contribution in [0.15, 0.2) is 42.2 Å². The molecule has 1 saturated carbocycles. The maximum absolute atomic E-state index is 12.8. The van der Waals surface area contributed by atoms with Gasteiger partial charge in [-0.25, -0.2) is 4.79 Å². The number of aromatic hydroxyl groups is 1. The molecule has 1 saturated heterocycles. The topological polar surface area (TPSA) is 222 Å². The molecule has 10 atom stereocenters. The van der Waals surface area contributed by atoms with Gasteiger partial charge in [-0.05, 0) is 41.7 Å². The second kappa shape index (κ2) is 14.3. The number of ether oxygens (including phenoxy) is 5. The number of rotatable bonds is 11. The van der Waals surface area contributed by atoms with Crippen molar-refractivity contribution < 1.29 is 69.0 Å². The van der Waals surface area contributed by atoms with Crippen LogP contribution in [-0.2, 0) is 33.3 Å². The van der Waals surface area contributed by atoms with E-state index in [4.69, 9.17) is 23.7 Å². The van der Waals surface area contributed by atoms with Gasteiger partial charge in [-0.15, -0.1) is 0 Å². The highest BCUT2D eigenvalue weighted by Crippen LogP contribution is 2.50. The molecular weight excluding hydrogens is 584 g/mol. The SMILES string of the molecule is CC(C)CC(=O)OC1OC=C(COC2OC(CO)C(O)C(O)C2O)C2CC(OC(=O)C=Cc3ccc(O)cc3)C(O)(CO)C12. The Morgan fingerprint density at radius 3 is 2.39 bits per heavy atom. The summed E-state index contributed by atoms with van der Waals surface area (Å²) in [5.74, 6) is -3.24. The van der Waals surface area contributed by atoms with Crippen molar-refractivity contribution in [3.63, 3.8) is 0 Å². The van der Waals surface area contributed by atoms with Gasteiger partial charge in [0.1, 0.15) is 41.9 Å². The lowest BCUT2D eigenvalue weighted by Crippen LogP contribution is -2.59. The molecule has 0 bridgehead atoms. The van der Waals surface area contributed by atoms with Crippen LogP contribution in [0.1, 0.15) is 32.3 Å². The van der Waals surface area contributed by atoms with Crippen LogP contribution in [0, 0.1) is 17.8 Å². The lowest BCUT2D eigenvalue weighted by molar-refractivity contribution is -0.299. The fraction of sp³-hybridized carbons (Fsp3) is 0.600. The summed E-state index contributed by atoms with van der Waals surface area (Å²) in [6, 6.07) is 6.04. The van der Waals surface area contributed by atoms with E-state index in [1.165, 1.54) is 24.5 Å². The molecule has 7 N–H and O–H groups in total. The summed E-state index contributed by atoms with van der Waals surface area (Å²) in [5.41, 5.74) is -1.15. The van der Waals surface area contributed by atoms with E-state index in [-0.39, 0.29) is 31.1 Å². The maximum atomic E-state index is 12.8. The van der Waals surface area contributed by atoms with Crippen molar-refractivity contribution in [2.24, 2.45) is 17.8 Å². The number of esters is 2. The van der Waals surface area contributed by atoms with Crippen LogP contribution in [0.4, 0.5) is 0 Å². The summed E-state index contributed by atoms with van der Waals surface area (Å²) in [6.07, 6.45) is -6.33. The molecule has 0 aromatic heterocycles. The molecule has 1 aromatic rings. The predicted molar refractivity (Wildman–Crippen MR) is 149 cm³/mol. The van der Waals surface area contributed by atoms with Gasteiger partial charge in [0.15, 0.2) is 6.29 Å². The highest BCUT2D eigenvalue weighted by atomic mass is 16.7. The zero-order valence-corrected chi connectivity index (χ0v) is 24.3. The first-order chi connectivity index (χ1) is 20.9. The van der Waals surface area contributed by atoms with Crippen molar-refractivity contribution in [1.82, 2.24) is 0 Å². The van der Waals surface area contributed by atoms with Crippen molar-refractivity contribution in [1.29, 1.82) is 0 Å². The first kappa shape index (κ1) is 33.8. The van der Waals surface area contributed by atoms with E-state index in [0.29, 0.717) is 11.1 Å². The number of phenols is 1. The third-order valence-electron chi connectivity index (χ3n) is 8.06. The number of hydrogen-bond donors (Lipinski definition) is 7. The average Bonchev–Trinajstić information content (AvgIpc) is 3.28. The van der Waals surface area contributed by atoms with E-state index in [2.05, 4.69) is 0 Å². The van der Waals surface area contributed by atoms with Crippen molar-refractivity contribution in [2.45, 2.75) is 75.4 Å². The Morgan fingerprint density at radius 2 is 1.75 bits per heavy atom. The fourth-order valence-corrected chi connectivity index (χ4v) is 5.70. The zero-order valence-electron chi connectivity index (χ0n) is 24.3. The first-order valence-electron chi connectivity index (χ1n) is 14.3. The molecular formula is C30H40O14. The van der Waals surface area contributed by atoms with Gasteiger partial charge in [0.2, 0.25) is 6.29 Å². The predicted octanol–water partition coefficient (Wildman–Crippen LogP) is -0.677. The monoisotopic (exact) mass is 624 g/mol. The molecule has 10 unspecified atom stereocenters. The van der Waals surface area contributed by atoms with Gasteiger partial charge in [-0.2, -0.15) is 0 Å². The number of carbonyl (C=O) groups excluding carboxylic acids is 2. The molecule has 14 heteroatoms. The summed E-state index contributed by atoms with van der Waals surface area (Å²) >= 11 is 0. The number of benzene rings is 1. The number of aliphatic hydroxyl groups excluding tert-OH is 5. The molecule has 4 rings (SSSR count). The van der Waals surface area contributed by atoms with E-state index in [0.717, 1.165) is 6.08 Å². The van der Waals surface area contributed by atoms with E-state index in [1.54, 1.807) is 12.1 Å². The first-order valence-corrected chi connectivity index (χ1v) is 14.3. The molecule has 0 spiro atoms. The Bertz CT molecular complexity index is 1200. The van der Waals surface area contributed by atoms with E-state index < -0.39 is 85.7 Å². The quantitative estimate of drug-likeness (QED) is 0.120. The third kappa shape index (κ3) is 7.41. The van der Waals surface area contributed by atoms with Crippen LogP contribution < -0.4 is 0 Å². The van der Waals surface area contributed by atoms with Crippen LogP contribution in [0.25, 0.3) is 6.08 Å². The summed E-state index contributed by atoms with van der Waals surface area (Å²) in [6.45, 7) is 1.81. The van der Waals surface area contributed by atoms with Gasteiger partial charge in [0.25, 0.3) is 0 Å². The van der Waals surface area contributed by atoms with Gasteiger partial charge in [0, 0.05) is 18.4 Å². The minimum Gasteiger partial charge on any atom is -0.508 e. The largest absolute Gasteiger partial charge is 0.508 e. The standard InChI is InChI=1S/C30H40O14/c1-15(2)9-23(35)44-28-24-19(17(12-40-28)13-41-29-27(38)26(37)25(36)20(11-31)42-29)10-21(30(24,39)14-32)43-22(34)8-5-16-3-6-18(33)7-4-16/h3-8,12,15,19-21,24-29,31-33,36-39H,9-11,13-14H2,1-2H3. The smallest absolute Gasteiger partial charge is 0.331 e. The number of phenolic OH excluding ortho intramolecular Hbond substituents is 1. The van der Waals surface area contributed by atoms with Crippen LogP contribution in [-0.4, -0.2) is 116 Å². The van der Waals surface area contributed by atoms with Crippen LogP contribution in [0.5, 0.6) is 5.75 Å². The minimum atomic E-state index is -2.11. The van der Waals surface area contributed by atoms with Gasteiger partial charge < -0.3 is 59.4 Å². The molecule has 2 heterocycles. The van der Waals surface area contributed by atoms with Crippen molar-refractivity contribution >= 4 is 18.0 Å². The molecule has 44 heavy (non-hydrogen) atoms. The Balaban J connectivity index is 1.54. The maximum Gasteiger partial charge on any atom is 0.331 e. The Kier molecular flexibility index (Phi) is 11.0. The number of carbonyl (C=O) groups is 2. The summed E-state index contributed by atoms with van der Waals surface area (Å²) in [5, 5.41) is 71.5. The van der Waals surface area contributed by atoms with E-state index in [9.17, 15) is 45.3 Å². The second-order valence-corrected chi connectivity index (χ2v) is 11.7. The molecule has 1 aromatic carbocycles. The Hall–Kier alpha value is -3.08. The fourth-order valence-electron chi connectivity index (χ4n) is 5.70. The average molecular weight is 625 g/mol. The molecule has 244 valence electrons. The third-order valence-corrected chi connectivity index (χ3v) is 8.06. The molecule has 2 aliphatic heterocycles. The van der Waals surface area contributed by atoms with Gasteiger partial charge in [-0.1, -0.05) is 26.0 Å². The summed E-state index contributed by atoms with van der Waals surface area (Å²) in [7, 11) is 0. The van der Waals surface area contributed by atoms with Crippen molar-refractivity contribution in [3.05, 3.63) is 47.7 Å². The molecule has 0 amide bonds. The van der Waals surface area contributed by atoms with Gasteiger partial charge in [0.05, 0.1) is 32.0 Å². The number of hydrogen-bond acceptors (Lipinski definition) is 14. The van der Waals surface area contributed by atoms with Gasteiger partial charge >= 0.3 is 11.9 Å². The van der Waals surface area contributed by atoms with Gasteiger partial charge in [-0.3, -0.25) is 4.79 Å². The lowest BCUT2D eigenvalue weighted by atomic mass is 9.80. The number of fused-ring (bicyclic) bond motifs is 1. The highest BCUT2D eigenvalue weighted by molar-refractivity contribution is 5.87. The highest BCUT2D eigenvalue weighted by Gasteiger charge is 2.62. The molecule has 2 fully saturated rings. The van der Waals surface area contributed by atoms with Crippen molar-refractivity contribution in [3.8, 4) is 5.75 Å².